The molecule has 1 saturated carbocycles. The number of rotatable bonds is 7. The van der Waals surface area contributed by atoms with Crippen molar-refractivity contribution in [2.75, 3.05) is 27.2 Å². The predicted molar refractivity (Wildman–Crippen MR) is 66.8 cm³/mol. The fourth-order valence-corrected chi connectivity index (χ4v) is 3.18. The number of hydrogen-bond acceptors (Lipinski definition) is 4. The summed E-state index contributed by atoms with van der Waals surface area (Å²) in [6.07, 6.45) is 3.35. The minimum atomic E-state index is -3.38. The molecule has 1 aliphatic carbocycles. The fourth-order valence-electron chi connectivity index (χ4n) is 2.00. The molecule has 0 aromatic heterocycles. The van der Waals surface area contributed by atoms with Crippen molar-refractivity contribution in [1.29, 1.82) is 0 Å². The Labute approximate surface area is 104 Å². The molecule has 3 N–H and O–H groups in total. The van der Waals surface area contributed by atoms with E-state index in [1.165, 1.54) is 4.31 Å². The molecule has 0 saturated heterocycles. The van der Waals surface area contributed by atoms with Crippen LogP contribution in [0.2, 0.25) is 0 Å². The van der Waals surface area contributed by atoms with Gasteiger partial charge in [0.25, 0.3) is 10.2 Å². The van der Waals surface area contributed by atoms with E-state index < -0.39 is 10.2 Å². The summed E-state index contributed by atoms with van der Waals surface area (Å²) in [5.74, 6) is 0. The number of ether oxygens (including phenoxy) is 1. The Bertz CT molecular complexity index is 321. The average molecular weight is 265 g/mol. The van der Waals surface area contributed by atoms with Gasteiger partial charge >= 0.3 is 0 Å². The van der Waals surface area contributed by atoms with E-state index >= 15 is 0 Å². The largest absolute Gasteiger partial charge is 0.381 e. The summed E-state index contributed by atoms with van der Waals surface area (Å²) < 4.78 is 33.1. The van der Waals surface area contributed by atoms with Crippen LogP contribution < -0.4 is 10.5 Å². The molecular formula is C10H23N3O3S. The molecular weight excluding hydrogens is 242 g/mol. The van der Waals surface area contributed by atoms with Gasteiger partial charge in [-0.15, -0.1) is 0 Å². The Kier molecular flexibility index (Phi) is 5.81. The number of nitrogens with zero attached hydrogens (tertiary/aromatic N) is 1. The van der Waals surface area contributed by atoms with Gasteiger partial charge in [0.05, 0.1) is 6.10 Å². The maximum atomic E-state index is 11.9. The van der Waals surface area contributed by atoms with Crippen LogP contribution in [0.15, 0.2) is 0 Å². The van der Waals surface area contributed by atoms with E-state index in [4.69, 9.17) is 10.5 Å². The third-order valence-electron chi connectivity index (χ3n) is 3.12. The van der Waals surface area contributed by atoms with Gasteiger partial charge in [-0.25, -0.2) is 0 Å². The number of nitrogens with one attached hydrogen (secondary N) is 1. The molecule has 0 amide bonds. The van der Waals surface area contributed by atoms with Gasteiger partial charge < -0.3 is 10.5 Å². The van der Waals surface area contributed by atoms with Crippen LogP contribution in [0.5, 0.6) is 0 Å². The van der Waals surface area contributed by atoms with Gasteiger partial charge in [0.2, 0.25) is 0 Å². The molecule has 7 heteroatoms. The molecule has 0 aromatic rings. The van der Waals surface area contributed by atoms with E-state index in [0.29, 0.717) is 19.5 Å². The van der Waals surface area contributed by atoms with Crippen molar-refractivity contribution in [2.45, 2.75) is 37.8 Å². The molecule has 2 unspecified atom stereocenters. The second-order valence-electron chi connectivity index (χ2n) is 4.45. The van der Waals surface area contributed by atoms with E-state index in [1.54, 1.807) is 14.2 Å². The summed E-state index contributed by atoms with van der Waals surface area (Å²) >= 11 is 0. The highest BCUT2D eigenvalue weighted by Gasteiger charge is 2.29. The van der Waals surface area contributed by atoms with Gasteiger partial charge in [-0.2, -0.15) is 17.4 Å². The topological polar surface area (TPSA) is 84.7 Å². The first-order chi connectivity index (χ1) is 7.99. The molecule has 0 radical (unpaired) electrons. The standard InChI is InChI=1S/C10H23N3O3S/c1-13(7-3-6-11)17(14,15)12-9-4-5-10(8-9)16-2/h9-10,12H,3-8,11H2,1-2H3. The van der Waals surface area contributed by atoms with E-state index in [9.17, 15) is 8.42 Å². The zero-order chi connectivity index (χ0) is 12.9. The number of methoxy groups -OCH3 is 1. The Morgan fingerprint density at radius 1 is 1.47 bits per heavy atom. The van der Waals surface area contributed by atoms with Gasteiger partial charge in [0.1, 0.15) is 0 Å². The summed E-state index contributed by atoms with van der Waals surface area (Å²) in [5, 5.41) is 0. The smallest absolute Gasteiger partial charge is 0.279 e. The van der Waals surface area contributed by atoms with E-state index in [0.717, 1.165) is 19.3 Å². The average Bonchev–Trinajstić information content (AvgIpc) is 2.72. The van der Waals surface area contributed by atoms with E-state index in [2.05, 4.69) is 4.72 Å². The first-order valence-corrected chi connectivity index (χ1v) is 7.40. The maximum absolute atomic E-state index is 11.9. The van der Waals surface area contributed by atoms with Gasteiger partial charge in [-0.05, 0) is 32.2 Å². The molecule has 6 nitrogen and oxygen atoms in total. The third-order valence-corrected chi connectivity index (χ3v) is 4.76. The Hall–Kier alpha value is -0.210. The van der Waals surface area contributed by atoms with Crippen molar-refractivity contribution in [1.82, 2.24) is 9.03 Å². The minimum absolute atomic E-state index is 0.00900. The quantitative estimate of drug-likeness (QED) is 0.660. The Balaban J connectivity index is 2.44. The second kappa shape index (κ2) is 6.65. The first kappa shape index (κ1) is 14.8. The number of nitrogens with two attached hydrogens (primary N) is 1. The number of hydrogen-bond donors (Lipinski definition) is 2. The Morgan fingerprint density at radius 3 is 2.71 bits per heavy atom. The molecule has 0 bridgehead atoms. The second-order valence-corrected chi connectivity index (χ2v) is 6.26. The molecule has 102 valence electrons. The molecule has 2 atom stereocenters. The van der Waals surface area contributed by atoms with Gasteiger partial charge in [-0.1, -0.05) is 0 Å². The summed E-state index contributed by atoms with van der Waals surface area (Å²) in [6.45, 7) is 0.946. The van der Waals surface area contributed by atoms with Crippen LogP contribution in [0.1, 0.15) is 25.7 Å². The predicted octanol–water partition coefficient (Wildman–Crippen LogP) is -0.331. The lowest BCUT2D eigenvalue weighted by atomic mass is 10.3. The lowest BCUT2D eigenvalue weighted by Gasteiger charge is -2.20. The lowest BCUT2D eigenvalue weighted by Crippen LogP contribution is -2.43. The van der Waals surface area contributed by atoms with E-state index in [-0.39, 0.29) is 12.1 Å². The van der Waals surface area contributed by atoms with Crippen LogP contribution in [0.4, 0.5) is 0 Å². The molecule has 1 rings (SSSR count). The van der Waals surface area contributed by atoms with E-state index in [1.807, 2.05) is 0 Å². The minimum Gasteiger partial charge on any atom is -0.381 e. The Morgan fingerprint density at radius 2 is 2.18 bits per heavy atom. The monoisotopic (exact) mass is 265 g/mol. The highest BCUT2D eigenvalue weighted by molar-refractivity contribution is 7.87. The fraction of sp³-hybridized carbons (Fsp3) is 1.00. The van der Waals surface area contributed by atoms with Gasteiger partial charge in [0, 0.05) is 26.7 Å². The SMILES string of the molecule is COC1CCC(NS(=O)(=O)N(C)CCCN)C1. The third kappa shape index (κ3) is 4.51. The highest BCUT2D eigenvalue weighted by atomic mass is 32.2. The van der Waals surface area contributed by atoms with Crippen LogP contribution >= 0.6 is 0 Å². The first-order valence-electron chi connectivity index (χ1n) is 5.96. The molecule has 0 spiro atoms. The lowest BCUT2D eigenvalue weighted by molar-refractivity contribution is 0.107. The van der Waals surface area contributed by atoms with Crippen LogP contribution in [0.3, 0.4) is 0 Å². The molecule has 0 heterocycles. The molecule has 0 aromatic carbocycles. The highest BCUT2D eigenvalue weighted by Crippen LogP contribution is 2.22. The van der Waals surface area contributed by atoms with Gasteiger partial charge in [-0.3, -0.25) is 0 Å². The van der Waals surface area contributed by atoms with Crippen LogP contribution in [-0.2, 0) is 14.9 Å². The molecule has 1 aliphatic rings. The maximum Gasteiger partial charge on any atom is 0.279 e. The van der Waals surface area contributed by atoms with Crippen molar-refractivity contribution in [3.63, 3.8) is 0 Å². The van der Waals surface area contributed by atoms with Crippen LogP contribution in [0.25, 0.3) is 0 Å². The molecule has 17 heavy (non-hydrogen) atoms. The van der Waals surface area contributed by atoms with Gasteiger partial charge in [0.15, 0.2) is 0 Å². The van der Waals surface area contributed by atoms with Crippen molar-refractivity contribution in [3.05, 3.63) is 0 Å². The van der Waals surface area contributed by atoms with Crippen molar-refractivity contribution >= 4 is 10.2 Å². The summed E-state index contributed by atoms with van der Waals surface area (Å²) in [6, 6.07) is -0.00900. The summed E-state index contributed by atoms with van der Waals surface area (Å²) in [4.78, 5) is 0. The molecule has 0 aliphatic heterocycles. The summed E-state index contributed by atoms with van der Waals surface area (Å²) in [5.41, 5.74) is 5.36. The van der Waals surface area contributed by atoms with Crippen LogP contribution in [-0.4, -0.2) is 52.1 Å². The van der Waals surface area contributed by atoms with Crippen molar-refractivity contribution in [2.24, 2.45) is 5.73 Å². The zero-order valence-electron chi connectivity index (χ0n) is 10.6. The zero-order valence-corrected chi connectivity index (χ0v) is 11.4. The van der Waals surface area contributed by atoms with Crippen LogP contribution in [0, 0.1) is 0 Å². The molecule has 1 fully saturated rings. The summed E-state index contributed by atoms with van der Waals surface area (Å²) in [7, 11) is -0.144. The normalized spacial score (nSPS) is 25.6. The van der Waals surface area contributed by atoms with Crippen molar-refractivity contribution < 1.29 is 13.2 Å². The van der Waals surface area contributed by atoms with Crippen molar-refractivity contribution in [3.8, 4) is 0 Å².